The maximum atomic E-state index is 11.7. The van der Waals surface area contributed by atoms with Gasteiger partial charge in [-0.2, -0.15) is 5.10 Å². The SMILES string of the molecule is COc1ccc(C(C(N)=O)c2ccc(OC)nn2)cc1. The highest BCUT2D eigenvalue weighted by atomic mass is 16.5. The summed E-state index contributed by atoms with van der Waals surface area (Å²) < 4.78 is 10.0. The molecule has 0 aliphatic rings. The molecule has 2 aromatic rings. The summed E-state index contributed by atoms with van der Waals surface area (Å²) in [4.78, 5) is 11.7. The van der Waals surface area contributed by atoms with Crippen LogP contribution in [-0.4, -0.2) is 30.3 Å². The third-order valence-corrected chi connectivity index (χ3v) is 2.90. The summed E-state index contributed by atoms with van der Waals surface area (Å²) in [5.41, 5.74) is 6.68. The van der Waals surface area contributed by atoms with Crippen LogP contribution in [0.2, 0.25) is 0 Å². The van der Waals surface area contributed by atoms with Crippen molar-refractivity contribution in [2.45, 2.75) is 5.92 Å². The molecule has 6 heteroatoms. The highest BCUT2D eigenvalue weighted by Gasteiger charge is 2.22. The number of ether oxygens (including phenoxy) is 2. The van der Waals surface area contributed by atoms with Crippen molar-refractivity contribution in [2.24, 2.45) is 5.73 Å². The maximum Gasteiger partial charge on any atom is 0.233 e. The number of hydrogen-bond donors (Lipinski definition) is 1. The summed E-state index contributed by atoms with van der Waals surface area (Å²) in [6.07, 6.45) is 0. The Hall–Kier alpha value is -2.63. The number of amides is 1. The van der Waals surface area contributed by atoms with E-state index in [9.17, 15) is 4.79 Å². The summed E-state index contributed by atoms with van der Waals surface area (Å²) >= 11 is 0. The molecule has 0 spiro atoms. The fraction of sp³-hybridized carbons (Fsp3) is 0.214. The minimum atomic E-state index is -0.653. The molecule has 0 bridgehead atoms. The molecule has 0 saturated heterocycles. The van der Waals surface area contributed by atoms with Crippen LogP contribution in [0.1, 0.15) is 17.2 Å². The van der Waals surface area contributed by atoms with Crippen molar-refractivity contribution in [1.29, 1.82) is 0 Å². The van der Waals surface area contributed by atoms with Gasteiger partial charge in [-0.1, -0.05) is 12.1 Å². The summed E-state index contributed by atoms with van der Waals surface area (Å²) in [5.74, 6) is -0.0570. The topological polar surface area (TPSA) is 87.3 Å². The van der Waals surface area contributed by atoms with Gasteiger partial charge < -0.3 is 15.2 Å². The molecule has 20 heavy (non-hydrogen) atoms. The van der Waals surface area contributed by atoms with E-state index in [2.05, 4.69) is 10.2 Å². The van der Waals surface area contributed by atoms with Crippen molar-refractivity contribution < 1.29 is 14.3 Å². The van der Waals surface area contributed by atoms with Crippen LogP contribution < -0.4 is 15.2 Å². The Morgan fingerprint density at radius 3 is 2.20 bits per heavy atom. The van der Waals surface area contributed by atoms with E-state index < -0.39 is 11.8 Å². The van der Waals surface area contributed by atoms with Crippen molar-refractivity contribution in [3.63, 3.8) is 0 Å². The zero-order valence-electron chi connectivity index (χ0n) is 11.2. The van der Waals surface area contributed by atoms with E-state index in [1.165, 1.54) is 7.11 Å². The van der Waals surface area contributed by atoms with Crippen LogP contribution in [-0.2, 0) is 4.79 Å². The van der Waals surface area contributed by atoms with Gasteiger partial charge in [0.15, 0.2) is 0 Å². The van der Waals surface area contributed by atoms with E-state index in [1.807, 2.05) is 0 Å². The predicted molar refractivity (Wildman–Crippen MR) is 72.6 cm³/mol. The second-order valence-electron chi connectivity index (χ2n) is 4.11. The molecule has 0 aliphatic heterocycles. The predicted octanol–water partition coefficient (Wildman–Crippen LogP) is 1.11. The molecule has 1 atom stereocenters. The molecule has 0 radical (unpaired) electrons. The Labute approximate surface area is 116 Å². The number of nitrogens with two attached hydrogens (primary N) is 1. The van der Waals surface area contributed by atoms with Gasteiger partial charge in [0.05, 0.1) is 19.9 Å². The minimum absolute atomic E-state index is 0.381. The fourth-order valence-corrected chi connectivity index (χ4v) is 1.87. The lowest BCUT2D eigenvalue weighted by molar-refractivity contribution is -0.118. The van der Waals surface area contributed by atoms with E-state index in [4.69, 9.17) is 15.2 Å². The zero-order chi connectivity index (χ0) is 14.5. The van der Waals surface area contributed by atoms with Gasteiger partial charge in [0.2, 0.25) is 11.8 Å². The molecule has 1 aromatic heterocycles. The molecule has 6 nitrogen and oxygen atoms in total. The number of carbonyl (C=O) groups is 1. The first-order chi connectivity index (χ1) is 9.65. The molecule has 0 saturated carbocycles. The monoisotopic (exact) mass is 273 g/mol. The second-order valence-corrected chi connectivity index (χ2v) is 4.11. The van der Waals surface area contributed by atoms with Gasteiger partial charge in [-0.15, -0.1) is 5.10 Å². The fourth-order valence-electron chi connectivity index (χ4n) is 1.87. The number of rotatable bonds is 5. The lowest BCUT2D eigenvalue weighted by Gasteiger charge is -2.13. The van der Waals surface area contributed by atoms with Gasteiger partial charge in [0.1, 0.15) is 11.7 Å². The number of methoxy groups -OCH3 is 2. The van der Waals surface area contributed by atoms with E-state index in [-0.39, 0.29) is 0 Å². The van der Waals surface area contributed by atoms with Gasteiger partial charge in [-0.3, -0.25) is 4.79 Å². The normalized spacial score (nSPS) is 11.7. The van der Waals surface area contributed by atoms with Crippen molar-refractivity contribution in [3.8, 4) is 11.6 Å². The molecule has 1 amide bonds. The van der Waals surface area contributed by atoms with Crippen molar-refractivity contribution >= 4 is 5.91 Å². The average molecular weight is 273 g/mol. The summed E-state index contributed by atoms with van der Waals surface area (Å²) in [6.45, 7) is 0. The molecule has 2 N–H and O–H groups in total. The largest absolute Gasteiger partial charge is 0.497 e. The molecule has 104 valence electrons. The standard InChI is InChI=1S/C14H15N3O3/c1-19-10-5-3-9(4-6-10)13(14(15)18)11-7-8-12(20-2)17-16-11/h3-8,13H,1-2H3,(H2,15,18). The highest BCUT2D eigenvalue weighted by Crippen LogP contribution is 2.25. The number of nitrogens with zero attached hydrogens (tertiary/aromatic N) is 2. The van der Waals surface area contributed by atoms with Gasteiger partial charge in [-0.05, 0) is 23.8 Å². The number of benzene rings is 1. The minimum Gasteiger partial charge on any atom is -0.497 e. The lowest BCUT2D eigenvalue weighted by atomic mass is 9.95. The van der Waals surface area contributed by atoms with E-state index >= 15 is 0 Å². The average Bonchev–Trinajstić information content (AvgIpc) is 2.48. The molecule has 1 heterocycles. The van der Waals surface area contributed by atoms with Crippen molar-refractivity contribution in [2.75, 3.05) is 14.2 Å². The van der Waals surface area contributed by atoms with Crippen LogP contribution in [0.25, 0.3) is 0 Å². The zero-order valence-corrected chi connectivity index (χ0v) is 11.2. The lowest BCUT2D eigenvalue weighted by Crippen LogP contribution is -2.23. The Morgan fingerprint density at radius 2 is 1.75 bits per heavy atom. The highest BCUT2D eigenvalue weighted by molar-refractivity contribution is 5.85. The first-order valence-electron chi connectivity index (χ1n) is 5.96. The van der Waals surface area contributed by atoms with Crippen LogP contribution in [0.4, 0.5) is 0 Å². The molecular formula is C14H15N3O3. The second kappa shape index (κ2) is 6.01. The summed E-state index contributed by atoms with van der Waals surface area (Å²) in [7, 11) is 3.08. The molecular weight excluding hydrogens is 258 g/mol. The van der Waals surface area contributed by atoms with Crippen LogP contribution in [0, 0.1) is 0 Å². The van der Waals surface area contributed by atoms with Crippen LogP contribution in [0.15, 0.2) is 36.4 Å². The Bertz CT molecular complexity index is 534. The first-order valence-corrected chi connectivity index (χ1v) is 5.96. The maximum absolute atomic E-state index is 11.7. The molecule has 1 unspecified atom stereocenters. The van der Waals surface area contributed by atoms with E-state index in [1.54, 1.807) is 43.5 Å². The van der Waals surface area contributed by atoms with Crippen LogP contribution in [0.5, 0.6) is 11.6 Å². The smallest absolute Gasteiger partial charge is 0.233 e. The third-order valence-electron chi connectivity index (χ3n) is 2.90. The van der Waals surface area contributed by atoms with E-state index in [0.717, 1.165) is 5.56 Å². The van der Waals surface area contributed by atoms with Gasteiger partial charge >= 0.3 is 0 Å². The number of hydrogen-bond acceptors (Lipinski definition) is 5. The molecule has 0 aliphatic carbocycles. The van der Waals surface area contributed by atoms with Crippen molar-refractivity contribution in [1.82, 2.24) is 10.2 Å². The number of carbonyl (C=O) groups excluding carboxylic acids is 1. The number of primary amides is 1. The Morgan fingerprint density at radius 1 is 1.05 bits per heavy atom. The quantitative estimate of drug-likeness (QED) is 0.881. The first kappa shape index (κ1) is 13.8. The molecule has 1 aromatic carbocycles. The number of aromatic nitrogens is 2. The Balaban J connectivity index is 2.36. The van der Waals surface area contributed by atoms with Gasteiger partial charge in [0, 0.05) is 6.07 Å². The third kappa shape index (κ3) is 2.85. The van der Waals surface area contributed by atoms with Gasteiger partial charge in [0.25, 0.3) is 0 Å². The Kier molecular flexibility index (Phi) is 4.14. The van der Waals surface area contributed by atoms with Crippen molar-refractivity contribution in [3.05, 3.63) is 47.7 Å². The van der Waals surface area contributed by atoms with Crippen LogP contribution in [0.3, 0.4) is 0 Å². The molecule has 0 fully saturated rings. The van der Waals surface area contributed by atoms with Crippen LogP contribution >= 0.6 is 0 Å². The molecule has 2 rings (SSSR count). The van der Waals surface area contributed by atoms with Gasteiger partial charge in [-0.25, -0.2) is 0 Å². The summed E-state index contributed by atoms with van der Waals surface area (Å²) in [5, 5.41) is 7.84. The summed E-state index contributed by atoms with van der Waals surface area (Å²) in [6, 6.07) is 10.4. The van der Waals surface area contributed by atoms with E-state index in [0.29, 0.717) is 17.3 Å².